The number of nitrogens with two attached hydrogens (primary N) is 1. The Hall–Kier alpha value is -1.55. The molecule has 0 aliphatic carbocycles. The lowest BCUT2D eigenvalue weighted by atomic mass is 10.2. The fourth-order valence-electron chi connectivity index (χ4n) is 1.69. The van der Waals surface area contributed by atoms with E-state index in [-0.39, 0.29) is 12.7 Å². The minimum Gasteiger partial charge on any atom is -0.400 e. The lowest BCUT2D eigenvalue weighted by Crippen LogP contribution is -2.28. The SMILES string of the molecule is CC.CO.CO.Nc1nc(=O)n(C2CCC(CO)O2)cc1F. The predicted molar refractivity (Wildman–Crippen MR) is 80.7 cm³/mol. The van der Waals surface area contributed by atoms with Crippen molar-refractivity contribution >= 4 is 5.82 Å². The van der Waals surface area contributed by atoms with Crippen LogP contribution in [-0.4, -0.2) is 51.8 Å². The lowest BCUT2D eigenvalue weighted by molar-refractivity contribution is -0.0249. The first kappa shape index (κ1) is 22.7. The van der Waals surface area contributed by atoms with E-state index in [1.807, 2.05) is 13.8 Å². The van der Waals surface area contributed by atoms with Gasteiger partial charge in [0.1, 0.15) is 6.23 Å². The van der Waals surface area contributed by atoms with E-state index in [4.69, 9.17) is 25.8 Å². The normalized spacial score (nSPS) is 18.9. The van der Waals surface area contributed by atoms with E-state index in [1.54, 1.807) is 0 Å². The molecule has 0 saturated carbocycles. The van der Waals surface area contributed by atoms with Gasteiger partial charge in [0.2, 0.25) is 0 Å². The van der Waals surface area contributed by atoms with Gasteiger partial charge in [0.15, 0.2) is 11.6 Å². The highest BCUT2D eigenvalue weighted by molar-refractivity contribution is 5.26. The second-order valence-corrected chi connectivity index (χ2v) is 3.64. The molecule has 1 fully saturated rings. The number of ether oxygens (including phenoxy) is 1. The molecular formula is C13H26FN3O5. The van der Waals surface area contributed by atoms with Gasteiger partial charge in [0, 0.05) is 14.2 Å². The zero-order chi connectivity index (χ0) is 17.7. The Balaban J connectivity index is 0. The zero-order valence-electron chi connectivity index (χ0n) is 13.4. The van der Waals surface area contributed by atoms with Gasteiger partial charge in [-0.05, 0) is 12.8 Å². The van der Waals surface area contributed by atoms with Gasteiger partial charge in [0.05, 0.1) is 18.9 Å². The first-order chi connectivity index (χ1) is 10.6. The van der Waals surface area contributed by atoms with Crippen molar-refractivity contribution in [2.75, 3.05) is 26.6 Å². The summed E-state index contributed by atoms with van der Waals surface area (Å²) in [6.07, 6.45) is 1.26. The number of anilines is 1. The maximum atomic E-state index is 13.1. The quantitative estimate of drug-likeness (QED) is 0.596. The Labute approximate surface area is 129 Å². The molecule has 1 saturated heterocycles. The van der Waals surface area contributed by atoms with Gasteiger partial charge < -0.3 is 25.8 Å². The first-order valence-corrected chi connectivity index (χ1v) is 6.81. The molecular weight excluding hydrogens is 297 g/mol. The number of aliphatic hydroxyl groups is 3. The summed E-state index contributed by atoms with van der Waals surface area (Å²) in [6.45, 7) is 3.89. The average Bonchev–Trinajstić information content (AvgIpc) is 3.05. The van der Waals surface area contributed by atoms with Crippen LogP contribution in [0.3, 0.4) is 0 Å². The monoisotopic (exact) mass is 323 g/mol. The first-order valence-electron chi connectivity index (χ1n) is 6.81. The van der Waals surface area contributed by atoms with E-state index < -0.39 is 23.6 Å². The highest BCUT2D eigenvalue weighted by Gasteiger charge is 2.27. The van der Waals surface area contributed by atoms with Crippen LogP contribution < -0.4 is 11.4 Å². The van der Waals surface area contributed by atoms with Crippen molar-refractivity contribution in [1.29, 1.82) is 0 Å². The van der Waals surface area contributed by atoms with Gasteiger partial charge in [-0.15, -0.1) is 0 Å². The number of rotatable bonds is 2. The minimum absolute atomic E-state index is 0.115. The topological polar surface area (TPSA) is 131 Å². The summed E-state index contributed by atoms with van der Waals surface area (Å²) in [5.74, 6) is -1.17. The molecule has 0 radical (unpaired) electrons. The summed E-state index contributed by atoms with van der Waals surface area (Å²) in [7, 11) is 2.00. The molecule has 2 atom stereocenters. The summed E-state index contributed by atoms with van der Waals surface area (Å²) < 4.78 is 19.5. The number of nitrogens with zero attached hydrogens (tertiary/aromatic N) is 2. The molecule has 130 valence electrons. The maximum Gasteiger partial charge on any atom is 0.351 e. The smallest absolute Gasteiger partial charge is 0.351 e. The standard InChI is InChI=1S/C9H12FN3O3.C2H6.2CH4O/c10-6-3-13(9(15)12-8(6)11)7-2-1-5(4-14)16-7;3*1-2/h3,5,7,14H,1-2,4H2,(H2,11,12,15);1-2H3;2*2H,1H3. The highest BCUT2D eigenvalue weighted by atomic mass is 19.1. The summed E-state index contributed by atoms with van der Waals surface area (Å²) >= 11 is 0. The van der Waals surface area contributed by atoms with Crippen LogP contribution in [0.25, 0.3) is 0 Å². The van der Waals surface area contributed by atoms with Crippen LogP contribution in [0.15, 0.2) is 11.0 Å². The minimum atomic E-state index is -0.754. The van der Waals surface area contributed by atoms with Crippen LogP contribution in [0, 0.1) is 5.82 Å². The van der Waals surface area contributed by atoms with Crippen LogP contribution in [-0.2, 0) is 4.74 Å². The average molecular weight is 323 g/mol. The van der Waals surface area contributed by atoms with Gasteiger partial charge in [-0.3, -0.25) is 4.57 Å². The third-order valence-electron chi connectivity index (χ3n) is 2.53. The predicted octanol–water partition coefficient (Wildman–Crippen LogP) is -0.122. The number of aliphatic hydroxyl groups excluding tert-OH is 3. The maximum absolute atomic E-state index is 13.1. The van der Waals surface area contributed by atoms with E-state index in [0.29, 0.717) is 12.8 Å². The van der Waals surface area contributed by atoms with Crippen LogP contribution in [0.5, 0.6) is 0 Å². The third kappa shape index (κ3) is 6.48. The van der Waals surface area contributed by atoms with Crippen molar-refractivity contribution in [2.45, 2.75) is 39.0 Å². The Morgan fingerprint density at radius 1 is 1.36 bits per heavy atom. The number of halogens is 1. The number of aromatic nitrogens is 2. The Bertz CT molecular complexity index is 456. The van der Waals surface area contributed by atoms with E-state index in [2.05, 4.69) is 4.98 Å². The van der Waals surface area contributed by atoms with Crippen molar-refractivity contribution in [3.63, 3.8) is 0 Å². The van der Waals surface area contributed by atoms with Gasteiger partial charge in [-0.1, -0.05) is 13.8 Å². The lowest BCUT2D eigenvalue weighted by Gasteiger charge is -2.14. The van der Waals surface area contributed by atoms with Gasteiger partial charge in [0.25, 0.3) is 0 Å². The molecule has 5 N–H and O–H groups in total. The highest BCUT2D eigenvalue weighted by Crippen LogP contribution is 2.26. The molecule has 2 rings (SSSR count). The molecule has 22 heavy (non-hydrogen) atoms. The molecule has 1 aromatic rings. The summed E-state index contributed by atoms with van der Waals surface area (Å²) in [4.78, 5) is 14.8. The molecule has 1 aliphatic heterocycles. The Kier molecular flexibility index (Phi) is 13.6. The van der Waals surface area contributed by atoms with Crippen molar-refractivity contribution in [1.82, 2.24) is 9.55 Å². The van der Waals surface area contributed by atoms with Crippen LogP contribution in [0.2, 0.25) is 0 Å². The molecule has 2 unspecified atom stereocenters. The van der Waals surface area contributed by atoms with Crippen molar-refractivity contribution in [3.8, 4) is 0 Å². The van der Waals surface area contributed by atoms with E-state index in [9.17, 15) is 9.18 Å². The van der Waals surface area contributed by atoms with Crippen molar-refractivity contribution < 1.29 is 24.4 Å². The van der Waals surface area contributed by atoms with Gasteiger partial charge in [-0.25, -0.2) is 9.18 Å². The molecule has 0 aromatic carbocycles. The third-order valence-corrected chi connectivity index (χ3v) is 2.53. The van der Waals surface area contributed by atoms with Crippen molar-refractivity contribution in [2.24, 2.45) is 0 Å². The fourth-order valence-corrected chi connectivity index (χ4v) is 1.69. The molecule has 0 amide bonds. The second-order valence-electron chi connectivity index (χ2n) is 3.64. The van der Waals surface area contributed by atoms with E-state index in [1.165, 1.54) is 0 Å². The second kappa shape index (κ2) is 13.1. The van der Waals surface area contributed by atoms with E-state index in [0.717, 1.165) is 25.0 Å². The number of hydrogen-bond donors (Lipinski definition) is 4. The molecule has 9 heteroatoms. The largest absolute Gasteiger partial charge is 0.400 e. The van der Waals surface area contributed by atoms with Crippen molar-refractivity contribution in [3.05, 3.63) is 22.5 Å². The van der Waals surface area contributed by atoms with Crippen LogP contribution in [0.1, 0.15) is 32.9 Å². The Morgan fingerprint density at radius 2 is 1.91 bits per heavy atom. The van der Waals surface area contributed by atoms with E-state index >= 15 is 0 Å². The number of nitrogen functional groups attached to an aromatic ring is 1. The molecule has 1 aliphatic rings. The molecule has 8 nitrogen and oxygen atoms in total. The molecule has 2 heterocycles. The summed E-state index contributed by atoms with van der Waals surface area (Å²) in [5.41, 5.74) is 4.51. The Morgan fingerprint density at radius 3 is 2.36 bits per heavy atom. The summed E-state index contributed by atoms with van der Waals surface area (Å²) in [5, 5.41) is 22.9. The van der Waals surface area contributed by atoms with Gasteiger partial charge >= 0.3 is 5.69 Å². The van der Waals surface area contributed by atoms with Crippen LogP contribution in [0.4, 0.5) is 10.2 Å². The zero-order valence-corrected chi connectivity index (χ0v) is 13.4. The van der Waals surface area contributed by atoms with Crippen LogP contribution >= 0.6 is 0 Å². The molecule has 0 bridgehead atoms. The summed E-state index contributed by atoms with van der Waals surface area (Å²) in [6, 6.07) is 0. The molecule has 1 aromatic heterocycles. The fraction of sp³-hybridized carbons (Fsp3) is 0.692. The number of hydrogen-bond acceptors (Lipinski definition) is 7. The molecule has 0 spiro atoms. The van der Waals surface area contributed by atoms with Gasteiger partial charge in [-0.2, -0.15) is 4.98 Å².